The van der Waals surface area contributed by atoms with Gasteiger partial charge < -0.3 is 24.8 Å². The minimum Gasteiger partial charge on any atom is -0.476 e. The molecular formula is C28H29ClN10O3. The van der Waals surface area contributed by atoms with Crippen molar-refractivity contribution in [1.82, 2.24) is 34.1 Å². The molecule has 0 saturated carbocycles. The highest BCUT2D eigenvalue weighted by Gasteiger charge is 2.26. The van der Waals surface area contributed by atoms with Crippen molar-refractivity contribution in [3.8, 4) is 0 Å². The van der Waals surface area contributed by atoms with Gasteiger partial charge in [-0.2, -0.15) is 0 Å². The number of nitrogens with zero attached hydrogens (tertiary/aromatic N) is 9. The number of aromatic carboxylic acids is 1. The normalized spacial score (nSPS) is 14.5. The third-order valence-electron chi connectivity index (χ3n) is 7.57. The lowest BCUT2D eigenvalue weighted by atomic mass is 10.0. The zero-order valence-electron chi connectivity index (χ0n) is 23.5. The highest BCUT2D eigenvalue weighted by atomic mass is 35.5. The Kier molecular flexibility index (Phi) is 6.89. The summed E-state index contributed by atoms with van der Waals surface area (Å²) in [7, 11) is 3.64. The lowest BCUT2D eigenvalue weighted by Gasteiger charge is -2.36. The molecule has 42 heavy (non-hydrogen) atoms. The average Bonchev–Trinajstić information content (AvgIpc) is 3.36. The van der Waals surface area contributed by atoms with E-state index in [2.05, 4.69) is 35.1 Å². The predicted molar refractivity (Wildman–Crippen MR) is 161 cm³/mol. The Bertz CT molecular complexity index is 1910. The van der Waals surface area contributed by atoms with Crippen LogP contribution < -0.4 is 20.7 Å². The van der Waals surface area contributed by atoms with Crippen LogP contribution in [-0.2, 0) is 14.1 Å². The van der Waals surface area contributed by atoms with Crippen molar-refractivity contribution >= 4 is 57.1 Å². The molecule has 1 fully saturated rings. The molecule has 0 bridgehead atoms. The summed E-state index contributed by atoms with van der Waals surface area (Å²) in [6, 6.07) is 6.52. The molecule has 0 spiro atoms. The molecular weight excluding hydrogens is 560 g/mol. The standard InChI is InChI=1S/C28H29ClN10O3/c1-15-11-17(16(2)33-19-5-6-20(29)34-22(19)27(41)42)21-18(12-15)26(40)37(4)28(35-21)39-9-7-38(8-10-39)25-23-24(30-13-31-25)36(3)14-32-23/h5-6,11-14,16,33H,7-10H2,1-4H3,(H,41,42)/t16-/m1/s1. The van der Waals surface area contributed by atoms with Crippen LogP contribution in [0.25, 0.3) is 22.1 Å². The van der Waals surface area contributed by atoms with E-state index in [1.807, 2.05) is 37.6 Å². The number of hydrogen-bond donors (Lipinski definition) is 2. The van der Waals surface area contributed by atoms with Gasteiger partial charge in [0, 0.05) is 45.8 Å². The number of hydrogen-bond acceptors (Lipinski definition) is 10. The monoisotopic (exact) mass is 588 g/mol. The van der Waals surface area contributed by atoms with Gasteiger partial charge in [-0.3, -0.25) is 9.36 Å². The molecule has 14 heteroatoms. The molecule has 4 aromatic heterocycles. The quantitative estimate of drug-likeness (QED) is 0.282. The van der Waals surface area contributed by atoms with Crippen LogP contribution in [0, 0.1) is 6.92 Å². The SMILES string of the molecule is Cc1cc([C@@H](C)Nc2ccc(Cl)nc2C(=O)O)c2nc(N3CCN(c4ncnc5c4ncn5C)CC3)n(C)c(=O)c2c1. The fourth-order valence-electron chi connectivity index (χ4n) is 5.46. The third kappa shape index (κ3) is 4.75. The van der Waals surface area contributed by atoms with Crippen LogP contribution in [-0.4, -0.2) is 71.3 Å². The van der Waals surface area contributed by atoms with Gasteiger partial charge in [0.1, 0.15) is 11.5 Å². The summed E-state index contributed by atoms with van der Waals surface area (Å²) >= 11 is 5.94. The number of carboxylic acid groups (broad SMARTS) is 1. The molecule has 1 aromatic carbocycles. The number of anilines is 3. The molecule has 1 aliphatic heterocycles. The second kappa shape index (κ2) is 10.6. The number of nitrogens with one attached hydrogen (secondary N) is 1. The van der Waals surface area contributed by atoms with Crippen LogP contribution in [0.2, 0.25) is 5.15 Å². The number of aromatic nitrogens is 7. The summed E-state index contributed by atoms with van der Waals surface area (Å²) in [5.41, 5.74) is 3.74. The largest absolute Gasteiger partial charge is 0.476 e. The molecule has 0 amide bonds. The van der Waals surface area contributed by atoms with Crippen molar-refractivity contribution < 1.29 is 9.90 Å². The fourth-order valence-corrected chi connectivity index (χ4v) is 5.61. The summed E-state index contributed by atoms with van der Waals surface area (Å²) in [4.78, 5) is 52.0. The molecule has 5 aromatic rings. The van der Waals surface area contributed by atoms with Gasteiger partial charge in [-0.1, -0.05) is 17.7 Å². The third-order valence-corrected chi connectivity index (χ3v) is 7.78. The minimum absolute atomic E-state index is 0.0886. The van der Waals surface area contributed by atoms with E-state index < -0.39 is 12.0 Å². The van der Waals surface area contributed by atoms with Gasteiger partial charge in [0.2, 0.25) is 5.95 Å². The smallest absolute Gasteiger partial charge is 0.356 e. The Hall–Kier alpha value is -4.78. The van der Waals surface area contributed by atoms with Crippen LogP contribution in [0.15, 0.2) is 41.7 Å². The van der Waals surface area contributed by atoms with Crippen molar-refractivity contribution in [2.24, 2.45) is 14.1 Å². The second-order valence-corrected chi connectivity index (χ2v) is 10.8. The van der Waals surface area contributed by atoms with Crippen LogP contribution in [0.4, 0.5) is 17.5 Å². The maximum Gasteiger partial charge on any atom is 0.356 e. The lowest BCUT2D eigenvalue weighted by Crippen LogP contribution is -2.48. The van der Waals surface area contributed by atoms with Crippen LogP contribution in [0.5, 0.6) is 0 Å². The van der Waals surface area contributed by atoms with E-state index in [-0.39, 0.29) is 16.4 Å². The lowest BCUT2D eigenvalue weighted by molar-refractivity contribution is 0.0691. The van der Waals surface area contributed by atoms with Crippen molar-refractivity contribution in [3.63, 3.8) is 0 Å². The molecule has 1 atom stereocenters. The fraction of sp³-hybridized carbons (Fsp3) is 0.321. The first kappa shape index (κ1) is 27.4. The van der Waals surface area contributed by atoms with Gasteiger partial charge in [0.05, 0.1) is 29.0 Å². The first-order chi connectivity index (χ1) is 20.1. The van der Waals surface area contributed by atoms with Gasteiger partial charge in [-0.05, 0) is 37.6 Å². The molecule has 0 radical (unpaired) electrons. The number of fused-ring (bicyclic) bond motifs is 2. The van der Waals surface area contributed by atoms with Gasteiger partial charge >= 0.3 is 5.97 Å². The first-order valence-corrected chi connectivity index (χ1v) is 13.8. The number of aryl methyl sites for hydroxylation is 2. The summed E-state index contributed by atoms with van der Waals surface area (Å²) < 4.78 is 3.46. The summed E-state index contributed by atoms with van der Waals surface area (Å²) in [5, 5.41) is 13.5. The van der Waals surface area contributed by atoms with E-state index >= 15 is 0 Å². The van der Waals surface area contributed by atoms with E-state index in [4.69, 9.17) is 16.6 Å². The van der Waals surface area contributed by atoms with Gasteiger partial charge in [0.15, 0.2) is 22.7 Å². The number of imidazole rings is 1. The number of carboxylic acids is 1. The van der Waals surface area contributed by atoms with Crippen LogP contribution in [0.3, 0.4) is 0 Å². The van der Waals surface area contributed by atoms with Gasteiger partial charge in [-0.25, -0.2) is 29.7 Å². The van der Waals surface area contributed by atoms with E-state index in [0.717, 1.165) is 28.1 Å². The Morgan fingerprint density at radius 3 is 2.50 bits per heavy atom. The molecule has 0 unspecified atom stereocenters. The summed E-state index contributed by atoms with van der Waals surface area (Å²) in [6.07, 6.45) is 3.29. The van der Waals surface area contributed by atoms with E-state index in [9.17, 15) is 14.7 Å². The van der Waals surface area contributed by atoms with E-state index in [1.165, 1.54) is 6.07 Å². The Labute approximate surface area is 245 Å². The molecule has 216 valence electrons. The number of benzene rings is 1. The number of rotatable bonds is 6. The van der Waals surface area contributed by atoms with Gasteiger partial charge in [0.25, 0.3) is 5.56 Å². The molecule has 1 saturated heterocycles. The maximum atomic E-state index is 13.6. The zero-order chi connectivity index (χ0) is 29.7. The number of halogens is 1. The molecule has 2 N–H and O–H groups in total. The van der Waals surface area contributed by atoms with E-state index in [0.29, 0.717) is 48.7 Å². The first-order valence-electron chi connectivity index (χ1n) is 13.4. The van der Waals surface area contributed by atoms with Crippen molar-refractivity contribution in [1.29, 1.82) is 0 Å². The molecule has 5 heterocycles. The molecule has 6 rings (SSSR count). The van der Waals surface area contributed by atoms with Crippen LogP contribution >= 0.6 is 11.6 Å². The Morgan fingerprint density at radius 2 is 1.76 bits per heavy atom. The number of pyridine rings is 1. The molecule has 0 aliphatic carbocycles. The summed E-state index contributed by atoms with van der Waals surface area (Å²) in [5.74, 6) is 0.158. The Morgan fingerprint density at radius 1 is 1.02 bits per heavy atom. The number of carbonyl (C=O) groups is 1. The topological polar surface area (TPSA) is 147 Å². The van der Waals surface area contributed by atoms with E-state index in [1.54, 1.807) is 30.3 Å². The predicted octanol–water partition coefficient (Wildman–Crippen LogP) is 3.16. The minimum atomic E-state index is -1.19. The number of piperazine rings is 1. The molecule has 13 nitrogen and oxygen atoms in total. The maximum absolute atomic E-state index is 13.6. The Balaban J connectivity index is 1.33. The van der Waals surface area contributed by atoms with Gasteiger partial charge in [-0.15, -0.1) is 0 Å². The highest BCUT2D eigenvalue weighted by Crippen LogP contribution is 2.30. The van der Waals surface area contributed by atoms with Crippen molar-refractivity contribution in [2.45, 2.75) is 19.9 Å². The second-order valence-electron chi connectivity index (χ2n) is 10.4. The van der Waals surface area contributed by atoms with Crippen molar-refractivity contribution in [2.75, 3.05) is 41.3 Å². The van der Waals surface area contributed by atoms with Crippen molar-refractivity contribution in [3.05, 3.63) is 69.2 Å². The average molecular weight is 589 g/mol. The zero-order valence-corrected chi connectivity index (χ0v) is 24.3. The summed E-state index contributed by atoms with van der Waals surface area (Å²) in [6.45, 7) is 6.38. The molecule has 1 aliphatic rings. The van der Waals surface area contributed by atoms with Crippen LogP contribution in [0.1, 0.15) is 34.6 Å². The highest BCUT2D eigenvalue weighted by molar-refractivity contribution is 6.29.